The van der Waals surface area contributed by atoms with Crippen LogP contribution < -0.4 is 16.4 Å². The van der Waals surface area contributed by atoms with E-state index in [1.165, 1.54) is 7.11 Å². The number of nitrogens with two attached hydrogens (primary N) is 1. The summed E-state index contributed by atoms with van der Waals surface area (Å²) in [6.07, 6.45) is -1.16. The molecule has 0 saturated carbocycles. The van der Waals surface area contributed by atoms with Crippen molar-refractivity contribution in [2.75, 3.05) is 13.7 Å². The molecule has 0 aliphatic rings. The summed E-state index contributed by atoms with van der Waals surface area (Å²) in [6, 6.07) is 8.12. The van der Waals surface area contributed by atoms with E-state index in [2.05, 4.69) is 15.4 Å². The number of aliphatic hydroxyl groups excluding tert-OH is 1. The molecule has 1 aromatic rings. The smallest absolute Gasteiger partial charge is 0.407 e. The van der Waals surface area contributed by atoms with Crippen LogP contribution in [-0.2, 0) is 16.0 Å². The van der Waals surface area contributed by atoms with Crippen LogP contribution in [0.4, 0.5) is 4.79 Å². The van der Waals surface area contributed by atoms with Gasteiger partial charge in [-0.15, -0.1) is 0 Å². The lowest BCUT2D eigenvalue weighted by atomic mass is 9.85. The summed E-state index contributed by atoms with van der Waals surface area (Å²) in [5.74, 6) is -0.397. The second-order valence-corrected chi connectivity index (χ2v) is 7.04. The molecule has 7 heteroatoms. The number of carbonyl (C=O) groups excluding carboxylic acids is 2. The summed E-state index contributed by atoms with van der Waals surface area (Å²) < 4.78 is 4.60. The summed E-state index contributed by atoms with van der Waals surface area (Å²) >= 11 is 0. The molecule has 5 N–H and O–H groups in total. The molecule has 0 bridgehead atoms. The van der Waals surface area contributed by atoms with Gasteiger partial charge < -0.3 is 26.2 Å². The van der Waals surface area contributed by atoms with Gasteiger partial charge in [-0.1, -0.05) is 51.1 Å². The van der Waals surface area contributed by atoms with Crippen molar-refractivity contribution in [3.8, 4) is 0 Å². The number of rotatable bonds is 7. The third kappa shape index (κ3) is 6.72. The molecule has 140 valence electrons. The van der Waals surface area contributed by atoms with Crippen LogP contribution in [-0.4, -0.2) is 48.9 Å². The Kier molecular flexibility index (Phi) is 7.86. The van der Waals surface area contributed by atoms with Crippen molar-refractivity contribution in [1.82, 2.24) is 10.6 Å². The number of amides is 2. The first-order valence-electron chi connectivity index (χ1n) is 8.26. The Labute approximate surface area is 148 Å². The number of benzene rings is 1. The maximum absolute atomic E-state index is 12.7. The Morgan fingerprint density at radius 2 is 1.80 bits per heavy atom. The first kappa shape index (κ1) is 20.9. The lowest BCUT2D eigenvalue weighted by Gasteiger charge is -2.32. The predicted molar refractivity (Wildman–Crippen MR) is 95.9 cm³/mol. The molecular formula is C18H29N3O4. The molecule has 0 aliphatic heterocycles. The van der Waals surface area contributed by atoms with Gasteiger partial charge in [-0.25, -0.2) is 4.79 Å². The third-order valence-electron chi connectivity index (χ3n) is 3.91. The van der Waals surface area contributed by atoms with Gasteiger partial charge >= 0.3 is 6.09 Å². The molecule has 1 rings (SSSR count). The highest BCUT2D eigenvalue weighted by Gasteiger charge is 2.35. The Morgan fingerprint density at radius 1 is 1.20 bits per heavy atom. The highest BCUT2D eigenvalue weighted by atomic mass is 16.5. The van der Waals surface area contributed by atoms with Gasteiger partial charge in [-0.3, -0.25) is 4.79 Å². The number of hydrogen-bond donors (Lipinski definition) is 4. The van der Waals surface area contributed by atoms with Gasteiger partial charge in [0.1, 0.15) is 6.04 Å². The Morgan fingerprint density at radius 3 is 2.28 bits per heavy atom. The van der Waals surface area contributed by atoms with Gasteiger partial charge in [0.05, 0.1) is 19.3 Å². The average molecular weight is 351 g/mol. The monoisotopic (exact) mass is 351 g/mol. The maximum Gasteiger partial charge on any atom is 0.407 e. The summed E-state index contributed by atoms with van der Waals surface area (Å²) in [5, 5.41) is 15.5. The van der Waals surface area contributed by atoms with Crippen LogP contribution >= 0.6 is 0 Å². The standard InChI is InChI=1S/C18H29N3O4/c1-18(2,3)15(21-17(24)25-4)16(23)20-13(14(22)11-19)10-12-8-6-5-7-9-12/h5-9,13-15,22H,10-11,19H2,1-4H3,(H,20,23)(H,21,24). The van der Waals surface area contributed by atoms with E-state index >= 15 is 0 Å². The van der Waals surface area contributed by atoms with Crippen LogP contribution in [0.5, 0.6) is 0 Å². The fraction of sp³-hybridized carbons (Fsp3) is 0.556. The van der Waals surface area contributed by atoms with Crippen molar-refractivity contribution in [2.24, 2.45) is 11.1 Å². The van der Waals surface area contributed by atoms with Crippen LogP contribution in [0.3, 0.4) is 0 Å². The lowest BCUT2D eigenvalue weighted by Crippen LogP contribution is -2.58. The number of nitrogens with one attached hydrogen (secondary N) is 2. The van der Waals surface area contributed by atoms with Crippen LogP contribution in [0, 0.1) is 5.41 Å². The summed E-state index contributed by atoms with van der Waals surface area (Å²) in [6.45, 7) is 5.51. The molecule has 0 heterocycles. The highest BCUT2D eigenvalue weighted by molar-refractivity contribution is 5.86. The Bertz CT molecular complexity index is 557. The van der Waals surface area contributed by atoms with Crippen LogP contribution in [0.15, 0.2) is 30.3 Å². The summed E-state index contributed by atoms with van der Waals surface area (Å²) in [4.78, 5) is 24.3. The van der Waals surface area contributed by atoms with E-state index in [0.717, 1.165) is 5.56 Å². The fourth-order valence-electron chi connectivity index (χ4n) is 2.43. The average Bonchev–Trinajstić information content (AvgIpc) is 2.57. The van der Waals surface area contributed by atoms with Gasteiger partial charge in [0, 0.05) is 6.54 Å². The number of carbonyl (C=O) groups is 2. The van der Waals surface area contributed by atoms with E-state index in [1.807, 2.05) is 51.1 Å². The molecule has 3 atom stereocenters. The molecular weight excluding hydrogens is 322 g/mol. The normalized spacial score (nSPS) is 15.0. The predicted octanol–water partition coefficient (Wildman–Crippen LogP) is 0.804. The Balaban J connectivity index is 2.92. The van der Waals surface area contributed by atoms with Crippen LogP contribution in [0.1, 0.15) is 26.3 Å². The van der Waals surface area contributed by atoms with Gasteiger partial charge in [0.25, 0.3) is 0 Å². The fourth-order valence-corrected chi connectivity index (χ4v) is 2.43. The number of hydrogen-bond acceptors (Lipinski definition) is 5. The molecule has 0 aromatic heterocycles. The third-order valence-corrected chi connectivity index (χ3v) is 3.91. The second kappa shape index (κ2) is 9.39. The molecule has 0 spiro atoms. The van der Waals surface area contributed by atoms with E-state index in [1.54, 1.807) is 0 Å². The number of ether oxygens (including phenoxy) is 1. The zero-order chi connectivity index (χ0) is 19.0. The van der Waals surface area contributed by atoms with Gasteiger partial charge in [-0.05, 0) is 17.4 Å². The first-order chi connectivity index (χ1) is 11.7. The molecule has 0 radical (unpaired) electrons. The van der Waals surface area contributed by atoms with Crippen LogP contribution in [0.25, 0.3) is 0 Å². The van der Waals surface area contributed by atoms with E-state index in [4.69, 9.17) is 5.73 Å². The number of aliphatic hydroxyl groups is 1. The van der Waals surface area contributed by atoms with Crippen LogP contribution in [0.2, 0.25) is 0 Å². The SMILES string of the molecule is COC(=O)NC(C(=O)NC(Cc1ccccc1)C(O)CN)C(C)(C)C. The summed E-state index contributed by atoms with van der Waals surface area (Å²) in [7, 11) is 1.24. The van der Waals surface area contributed by atoms with Crippen molar-refractivity contribution >= 4 is 12.0 Å². The van der Waals surface area contributed by atoms with Crippen molar-refractivity contribution < 1.29 is 19.4 Å². The van der Waals surface area contributed by atoms with Crippen molar-refractivity contribution in [1.29, 1.82) is 0 Å². The lowest BCUT2D eigenvalue weighted by molar-refractivity contribution is -0.127. The first-order valence-corrected chi connectivity index (χ1v) is 8.26. The quantitative estimate of drug-likeness (QED) is 0.580. The molecule has 0 saturated heterocycles. The minimum Gasteiger partial charge on any atom is -0.453 e. The van der Waals surface area contributed by atoms with Crippen molar-refractivity contribution in [3.05, 3.63) is 35.9 Å². The molecule has 1 aromatic carbocycles. The topological polar surface area (TPSA) is 114 Å². The van der Waals surface area contributed by atoms with Crippen molar-refractivity contribution in [2.45, 2.75) is 45.4 Å². The minimum absolute atomic E-state index is 0.0163. The van der Waals surface area contributed by atoms with E-state index in [-0.39, 0.29) is 6.54 Å². The largest absolute Gasteiger partial charge is 0.453 e. The molecule has 25 heavy (non-hydrogen) atoms. The zero-order valence-corrected chi connectivity index (χ0v) is 15.3. The van der Waals surface area contributed by atoms with Crippen molar-refractivity contribution in [3.63, 3.8) is 0 Å². The molecule has 0 aliphatic carbocycles. The highest BCUT2D eigenvalue weighted by Crippen LogP contribution is 2.20. The molecule has 2 amide bonds. The van der Waals surface area contributed by atoms with E-state index in [9.17, 15) is 14.7 Å². The maximum atomic E-state index is 12.7. The second-order valence-electron chi connectivity index (χ2n) is 7.04. The zero-order valence-electron chi connectivity index (χ0n) is 15.3. The Hall–Kier alpha value is -2.12. The van der Waals surface area contributed by atoms with E-state index in [0.29, 0.717) is 6.42 Å². The molecule has 0 fully saturated rings. The number of methoxy groups -OCH3 is 1. The van der Waals surface area contributed by atoms with Gasteiger partial charge in [0.15, 0.2) is 0 Å². The number of alkyl carbamates (subject to hydrolysis) is 1. The summed E-state index contributed by atoms with van der Waals surface area (Å²) in [5.41, 5.74) is 6.00. The van der Waals surface area contributed by atoms with Gasteiger partial charge in [-0.2, -0.15) is 0 Å². The minimum atomic E-state index is -0.900. The molecule has 3 unspecified atom stereocenters. The molecule has 7 nitrogen and oxygen atoms in total. The van der Waals surface area contributed by atoms with E-state index < -0.39 is 35.6 Å². The van der Waals surface area contributed by atoms with Gasteiger partial charge in [0.2, 0.25) is 5.91 Å².